The van der Waals surface area contributed by atoms with Gasteiger partial charge < -0.3 is 16.4 Å². The fraction of sp³-hybridized carbons (Fsp3) is 0.333. The number of anilines is 3. The third-order valence-corrected chi connectivity index (χ3v) is 3.25. The van der Waals surface area contributed by atoms with Gasteiger partial charge in [0.25, 0.3) is 0 Å². The van der Waals surface area contributed by atoms with Crippen molar-refractivity contribution in [2.24, 2.45) is 5.73 Å². The van der Waals surface area contributed by atoms with Crippen LogP contribution in [0.1, 0.15) is 18.4 Å². The number of hydrogen-bond donors (Lipinski definition) is 3. The fourth-order valence-electron chi connectivity index (χ4n) is 1.79. The van der Waals surface area contributed by atoms with Crippen LogP contribution in [0.2, 0.25) is 5.02 Å². The lowest BCUT2D eigenvalue weighted by Gasteiger charge is -2.10. The second kappa shape index (κ2) is 7.81. The Bertz CT molecular complexity index is 571. The van der Waals surface area contributed by atoms with E-state index < -0.39 is 0 Å². The summed E-state index contributed by atoms with van der Waals surface area (Å²) in [7, 11) is 0. The van der Waals surface area contributed by atoms with Crippen molar-refractivity contribution in [2.75, 3.05) is 23.7 Å². The van der Waals surface area contributed by atoms with Crippen LogP contribution in [0.15, 0.2) is 30.5 Å². The van der Waals surface area contributed by atoms with Gasteiger partial charge in [0.05, 0.1) is 6.20 Å². The molecule has 0 amide bonds. The van der Waals surface area contributed by atoms with E-state index in [4.69, 9.17) is 17.3 Å². The molecule has 5 nitrogen and oxygen atoms in total. The van der Waals surface area contributed by atoms with Crippen LogP contribution in [-0.4, -0.2) is 23.1 Å². The van der Waals surface area contributed by atoms with Crippen LogP contribution in [0.25, 0.3) is 0 Å². The number of nitrogens with two attached hydrogens (primary N) is 1. The largest absolute Gasteiger partial charge is 0.369 e. The summed E-state index contributed by atoms with van der Waals surface area (Å²) in [6.07, 6.45) is 3.55. The molecule has 112 valence electrons. The standard InChI is InChI=1S/C15H20ClN5/c1-11-4-6-12(7-5-11)20-15-19-10-13(16)14(21-15)18-9-3-2-8-17/h4-7,10H,2-3,8-9,17H2,1H3,(H2,18,19,20,21). The lowest BCUT2D eigenvalue weighted by atomic mass is 10.2. The monoisotopic (exact) mass is 305 g/mol. The van der Waals surface area contributed by atoms with Crippen molar-refractivity contribution in [1.82, 2.24) is 9.97 Å². The second-order valence-corrected chi connectivity index (χ2v) is 5.21. The molecule has 0 saturated heterocycles. The average molecular weight is 306 g/mol. The molecule has 0 bridgehead atoms. The van der Waals surface area contributed by atoms with Crippen molar-refractivity contribution in [2.45, 2.75) is 19.8 Å². The Balaban J connectivity index is 2.01. The molecule has 0 aliphatic rings. The van der Waals surface area contributed by atoms with Crippen molar-refractivity contribution in [3.8, 4) is 0 Å². The molecule has 0 aliphatic heterocycles. The van der Waals surface area contributed by atoms with Gasteiger partial charge in [-0.05, 0) is 38.4 Å². The smallest absolute Gasteiger partial charge is 0.229 e. The minimum absolute atomic E-state index is 0.511. The summed E-state index contributed by atoms with van der Waals surface area (Å²) in [6, 6.07) is 8.04. The van der Waals surface area contributed by atoms with E-state index in [0.717, 1.165) is 25.1 Å². The molecule has 1 aromatic heterocycles. The molecular formula is C15H20ClN5. The number of hydrogen-bond acceptors (Lipinski definition) is 5. The highest BCUT2D eigenvalue weighted by atomic mass is 35.5. The van der Waals surface area contributed by atoms with Gasteiger partial charge in [-0.2, -0.15) is 4.98 Å². The first-order valence-corrected chi connectivity index (χ1v) is 7.37. The highest BCUT2D eigenvalue weighted by molar-refractivity contribution is 6.32. The van der Waals surface area contributed by atoms with E-state index in [1.54, 1.807) is 6.20 Å². The summed E-state index contributed by atoms with van der Waals surface area (Å²) in [5, 5.41) is 6.88. The van der Waals surface area contributed by atoms with Crippen LogP contribution in [0.4, 0.5) is 17.5 Å². The minimum Gasteiger partial charge on any atom is -0.369 e. The maximum Gasteiger partial charge on any atom is 0.229 e. The Morgan fingerprint density at radius 2 is 1.95 bits per heavy atom. The zero-order valence-electron chi connectivity index (χ0n) is 12.1. The first-order chi connectivity index (χ1) is 10.2. The van der Waals surface area contributed by atoms with E-state index in [1.165, 1.54) is 5.56 Å². The topological polar surface area (TPSA) is 75.9 Å². The third kappa shape index (κ3) is 4.88. The molecule has 0 radical (unpaired) electrons. The summed E-state index contributed by atoms with van der Waals surface area (Å²) in [4.78, 5) is 8.58. The van der Waals surface area contributed by atoms with E-state index in [0.29, 0.717) is 23.3 Å². The summed E-state index contributed by atoms with van der Waals surface area (Å²) in [6.45, 7) is 3.53. The van der Waals surface area contributed by atoms with Crippen molar-refractivity contribution in [3.05, 3.63) is 41.0 Å². The number of halogens is 1. The molecule has 0 spiro atoms. The van der Waals surface area contributed by atoms with E-state index in [-0.39, 0.29) is 0 Å². The van der Waals surface area contributed by atoms with Gasteiger partial charge in [-0.1, -0.05) is 29.3 Å². The summed E-state index contributed by atoms with van der Waals surface area (Å²) in [5.41, 5.74) is 7.62. The van der Waals surface area contributed by atoms with Crippen LogP contribution >= 0.6 is 11.6 Å². The Kier molecular flexibility index (Phi) is 5.78. The van der Waals surface area contributed by atoms with E-state index >= 15 is 0 Å². The van der Waals surface area contributed by atoms with E-state index in [1.807, 2.05) is 31.2 Å². The van der Waals surface area contributed by atoms with Gasteiger partial charge in [-0.15, -0.1) is 0 Å². The predicted molar refractivity (Wildman–Crippen MR) is 88.3 cm³/mol. The lowest BCUT2D eigenvalue weighted by Crippen LogP contribution is -2.08. The normalized spacial score (nSPS) is 10.4. The summed E-state index contributed by atoms with van der Waals surface area (Å²) < 4.78 is 0. The summed E-state index contributed by atoms with van der Waals surface area (Å²) >= 11 is 6.09. The summed E-state index contributed by atoms with van der Waals surface area (Å²) in [5.74, 6) is 1.16. The minimum atomic E-state index is 0.511. The van der Waals surface area contributed by atoms with Gasteiger partial charge in [0, 0.05) is 12.2 Å². The number of benzene rings is 1. The van der Waals surface area contributed by atoms with Gasteiger partial charge in [-0.3, -0.25) is 0 Å². The van der Waals surface area contributed by atoms with Gasteiger partial charge in [0.15, 0.2) is 0 Å². The van der Waals surface area contributed by atoms with Crippen molar-refractivity contribution in [3.63, 3.8) is 0 Å². The molecule has 1 aromatic carbocycles. The molecule has 0 fully saturated rings. The van der Waals surface area contributed by atoms with Crippen LogP contribution in [0.5, 0.6) is 0 Å². The molecule has 1 heterocycles. The molecule has 21 heavy (non-hydrogen) atoms. The molecule has 6 heteroatoms. The predicted octanol–water partition coefficient (Wildman–Crippen LogP) is 3.33. The maximum atomic E-state index is 6.09. The first kappa shape index (κ1) is 15.5. The average Bonchev–Trinajstić information content (AvgIpc) is 2.49. The van der Waals surface area contributed by atoms with Gasteiger partial charge in [0.2, 0.25) is 5.95 Å². The molecule has 0 aliphatic carbocycles. The molecule has 2 rings (SSSR count). The van der Waals surface area contributed by atoms with E-state index in [9.17, 15) is 0 Å². The Morgan fingerprint density at radius 3 is 2.67 bits per heavy atom. The first-order valence-electron chi connectivity index (χ1n) is 6.99. The molecular weight excluding hydrogens is 286 g/mol. The number of nitrogens with one attached hydrogen (secondary N) is 2. The highest BCUT2D eigenvalue weighted by Crippen LogP contribution is 2.21. The fourth-order valence-corrected chi connectivity index (χ4v) is 1.95. The van der Waals surface area contributed by atoms with Crippen LogP contribution < -0.4 is 16.4 Å². The maximum absolute atomic E-state index is 6.09. The van der Waals surface area contributed by atoms with E-state index in [2.05, 4.69) is 20.6 Å². The number of nitrogens with zero attached hydrogens (tertiary/aromatic N) is 2. The number of aromatic nitrogens is 2. The van der Waals surface area contributed by atoms with Gasteiger partial charge >= 0.3 is 0 Å². The number of rotatable bonds is 7. The zero-order valence-corrected chi connectivity index (χ0v) is 12.8. The molecule has 0 unspecified atom stereocenters. The quantitative estimate of drug-likeness (QED) is 0.684. The van der Waals surface area contributed by atoms with Crippen LogP contribution in [0.3, 0.4) is 0 Å². The van der Waals surface area contributed by atoms with Crippen LogP contribution in [-0.2, 0) is 0 Å². The number of unbranched alkanes of at least 4 members (excludes halogenated alkanes) is 1. The zero-order chi connectivity index (χ0) is 15.1. The Labute approximate surface area is 129 Å². The van der Waals surface area contributed by atoms with Crippen molar-refractivity contribution < 1.29 is 0 Å². The second-order valence-electron chi connectivity index (χ2n) is 4.80. The lowest BCUT2D eigenvalue weighted by molar-refractivity contribution is 0.772. The van der Waals surface area contributed by atoms with Crippen molar-refractivity contribution in [1.29, 1.82) is 0 Å². The van der Waals surface area contributed by atoms with Crippen LogP contribution in [0, 0.1) is 6.92 Å². The third-order valence-electron chi connectivity index (χ3n) is 2.98. The molecule has 0 saturated carbocycles. The Hall–Kier alpha value is -1.85. The van der Waals surface area contributed by atoms with Gasteiger partial charge in [-0.25, -0.2) is 4.98 Å². The molecule has 4 N–H and O–H groups in total. The molecule has 2 aromatic rings. The Morgan fingerprint density at radius 1 is 1.19 bits per heavy atom. The van der Waals surface area contributed by atoms with Gasteiger partial charge in [0.1, 0.15) is 10.8 Å². The SMILES string of the molecule is Cc1ccc(Nc2ncc(Cl)c(NCCCCN)n2)cc1. The molecule has 0 atom stereocenters. The van der Waals surface area contributed by atoms with Crippen molar-refractivity contribution >= 4 is 29.1 Å². The number of aryl methyl sites for hydroxylation is 1. The highest BCUT2D eigenvalue weighted by Gasteiger charge is 2.05.